The normalized spacial score (nSPS) is 11.4. The van der Waals surface area contributed by atoms with E-state index in [0.717, 1.165) is 16.8 Å². The molecule has 0 radical (unpaired) electrons. The Hall–Kier alpha value is -1.89. The van der Waals surface area contributed by atoms with Crippen molar-refractivity contribution in [3.63, 3.8) is 0 Å². The Morgan fingerprint density at radius 1 is 0.950 bits per heavy atom. The van der Waals surface area contributed by atoms with Crippen molar-refractivity contribution in [1.29, 1.82) is 0 Å². The largest absolute Gasteiger partial charge is 0.399 e. The fourth-order valence-corrected chi connectivity index (χ4v) is 2.37. The molecule has 0 aliphatic rings. The van der Waals surface area contributed by atoms with Crippen molar-refractivity contribution in [2.75, 3.05) is 5.73 Å². The van der Waals surface area contributed by atoms with Gasteiger partial charge in [-0.1, -0.05) is 24.3 Å². The van der Waals surface area contributed by atoms with Gasteiger partial charge in [0.1, 0.15) is 0 Å². The van der Waals surface area contributed by atoms with Crippen molar-refractivity contribution in [1.82, 2.24) is 5.32 Å². The fourth-order valence-electron chi connectivity index (χ4n) is 1.85. The summed E-state index contributed by atoms with van der Waals surface area (Å²) in [7, 11) is -3.62. The lowest BCUT2D eigenvalue weighted by atomic mass is 10.2. The minimum Gasteiger partial charge on any atom is -0.399 e. The first-order valence-electron chi connectivity index (χ1n) is 6.12. The van der Waals surface area contributed by atoms with Gasteiger partial charge < -0.3 is 11.1 Å². The molecule has 0 fully saturated rings. The summed E-state index contributed by atoms with van der Waals surface area (Å²) >= 11 is 0. The molecule has 0 unspecified atom stereocenters. The standard InChI is InChI=1S/C14H17N3O2S/c15-13-3-1-2-12(8-13)10-17-9-11-4-6-14(7-5-11)20(16,18)19/h1-8,17H,9-10,15H2,(H2,16,18,19). The molecule has 2 rings (SSSR count). The van der Waals surface area contributed by atoms with E-state index in [1.54, 1.807) is 12.1 Å². The summed E-state index contributed by atoms with van der Waals surface area (Å²) in [6, 6.07) is 14.2. The smallest absolute Gasteiger partial charge is 0.238 e. The molecule has 0 aliphatic heterocycles. The second kappa shape index (κ2) is 6.04. The highest BCUT2D eigenvalue weighted by Crippen LogP contribution is 2.09. The third-order valence-corrected chi connectivity index (χ3v) is 3.79. The number of nitrogen functional groups attached to an aromatic ring is 1. The molecule has 5 N–H and O–H groups in total. The van der Waals surface area contributed by atoms with E-state index in [0.29, 0.717) is 13.1 Å². The molecule has 106 valence electrons. The molecule has 2 aromatic rings. The number of hydrogen-bond donors (Lipinski definition) is 3. The van der Waals surface area contributed by atoms with Crippen LogP contribution < -0.4 is 16.2 Å². The van der Waals surface area contributed by atoms with Crippen LogP contribution in [-0.4, -0.2) is 8.42 Å². The zero-order valence-corrected chi connectivity index (χ0v) is 11.7. The maximum Gasteiger partial charge on any atom is 0.238 e. The summed E-state index contributed by atoms with van der Waals surface area (Å²) in [6.07, 6.45) is 0. The van der Waals surface area contributed by atoms with E-state index in [9.17, 15) is 8.42 Å². The predicted octanol–water partition coefficient (Wildman–Crippen LogP) is 1.21. The van der Waals surface area contributed by atoms with Crippen molar-refractivity contribution in [2.45, 2.75) is 18.0 Å². The molecule has 0 bridgehead atoms. The van der Waals surface area contributed by atoms with Crippen LogP contribution in [-0.2, 0) is 23.1 Å². The van der Waals surface area contributed by atoms with Crippen LogP contribution >= 0.6 is 0 Å². The third kappa shape index (κ3) is 4.06. The molecule has 0 heterocycles. The SMILES string of the molecule is Nc1cccc(CNCc2ccc(S(N)(=O)=O)cc2)c1. The van der Waals surface area contributed by atoms with Crippen LogP contribution in [0, 0.1) is 0 Å². The fraction of sp³-hybridized carbons (Fsp3) is 0.143. The Kier molecular flexibility index (Phi) is 4.39. The Bertz CT molecular complexity index is 682. The molecule has 0 spiro atoms. The maximum atomic E-state index is 11.1. The topological polar surface area (TPSA) is 98.2 Å². The van der Waals surface area contributed by atoms with Crippen LogP contribution in [0.15, 0.2) is 53.4 Å². The lowest BCUT2D eigenvalue weighted by molar-refractivity contribution is 0.597. The lowest BCUT2D eigenvalue weighted by Crippen LogP contribution is -2.14. The molecule has 0 aliphatic carbocycles. The zero-order valence-electron chi connectivity index (χ0n) is 10.9. The van der Waals surface area contributed by atoms with Crippen molar-refractivity contribution < 1.29 is 8.42 Å². The van der Waals surface area contributed by atoms with Gasteiger partial charge in [-0.05, 0) is 35.4 Å². The Balaban J connectivity index is 1.92. The quantitative estimate of drug-likeness (QED) is 0.721. The second-order valence-corrected chi connectivity index (χ2v) is 6.10. The van der Waals surface area contributed by atoms with Crippen molar-refractivity contribution >= 4 is 15.7 Å². The van der Waals surface area contributed by atoms with E-state index in [-0.39, 0.29) is 4.90 Å². The van der Waals surface area contributed by atoms with Crippen LogP contribution in [0.2, 0.25) is 0 Å². The summed E-state index contributed by atoms with van der Waals surface area (Å²) in [4.78, 5) is 0.122. The summed E-state index contributed by atoms with van der Waals surface area (Å²) in [5, 5.41) is 8.31. The molecule has 0 aromatic heterocycles. The van der Waals surface area contributed by atoms with Crippen molar-refractivity contribution in [3.05, 3.63) is 59.7 Å². The van der Waals surface area contributed by atoms with Gasteiger partial charge in [-0.25, -0.2) is 13.6 Å². The van der Waals surface area contributed by atoms with Crippen LogP contribution in [0.1, 0.15) is 11.1 Å². The van der Waals surface area contributed by atoms with E-state index >= 15 is 0 Å². The first-order chi connectivity index (χ1) is 9.45. The van der Waals surface area contributed by atoms with Gasteiger partial charge in [0.2, 0.25) is 10.0 Å². The minimum absolute atomic E-state index is 0.122. The second-order valence-electron chi connectivity index (χ2n) is 4.54. The first kappa shape index (κ1) is 14.5. The van der Waals surface area contributed by atoms with Gasteiger partial charge in [0, 0.05) is 18.8 Å². The van der Waals surface area contributed by atoms with Gasteiger partial charge in [-0.2, -0.15) is 0 Å². The van der Waals surface area contributed by atoms with E-state index in [1.165, 1.54) is 12.1 Å². The Morgan fingerprint density at radius 2 is 1.60 bits per heavy atom. The molecule has 6 heteroatoms. The lowest BCUT2D eigenvalue weighted by Gasteiger charge is -2.06. The number of anilines is 1. The van der Waals surface area contributed by atoms with E-state index in [2.05, 4.69) is 5.32 Å². The molecule has 0 atom stereocenters. The average Bonchev–Trinajstić information content (AvgIpc) is 2.38. The van der Waals surface area contributed by atoms with Gasteiger partial charge in [-0.3, -0.25) is 0 Å². The molecule has 5 nitrogen and oxygen atoms in total. The number of sulfonamides is 1. The summed E-state index contributed by atoms with van der Waals surface area (Å²) in [5.74, 6) is 0. The van der Waals surface area contributed by atoms with Crippen LogP contribution in [0.4, 0.5) is 5.69 Å². The van der Waals surface area contributed by atoms with Gasteiger partial charge in [0.05, 0.1) is 4.90 Å². The number of rotatable bonds is 5. The number of nitrogens with two attached hydrogens (primary N) is 2. The maximum absolute atomic E-state index is 11.1. The summed E-state index contributed by atoms with van der Waals surface area (Å²) < 4.78 is 22.3. The molecule has 0 saturated carbocycles. The minimum atomic E-state index is -3.62. The number of primary sulfonamides is 1. The molecule has 0 saturated heterocycles. The number of hydrogen-bond acceptors (Lipinski definition) is 4. The zero-order chi connectivity index (χ0) is 14.6. The first-order valence-corrected chi connectivity index (χ1v) is 7.67. The van der Waals surface area contributed by atoms with Crippen LogP contribution in [0.5, 0.6) is 0 Å². The van der Waals surface area contributed by atoms with E-state index < -0.39 is 10.0 Å². The van der Waals surface area contributed by atoms with Gasteiger partial charge >= 0.3 is 0 Å². The monoisotopic (exact) mass is 291 g/mol. The van der Waals surface area contributed by atoms with Gasteiger partial charge in [0.25, 0.3) is 0 Å². The third-order valence-electron chi connectivity index (χ3n) is 2.86. The number of nitrogens with one attached hydrogen (secondary N) is 1. The highest BCUT2D eigenvalue weighted by atomic mass is 32.2. The van der Waals surface area contributed by atoms with Crippen molar-refractivity contribution in [2.24, 2.45) is 5.14 Å². The highest BCUT2D eigenvalue weighted by molar-refractivity contribution is 7.89. The number of benzene rings is 2. The van der Waals surface area contributed by atoms with Gasteiger partial charge in [-0.15, -0.1) is 0 Å². The summed E-state index contributed by atoms with van der Waals surface area (Å²) in [5.41, 5.74) is 8.53. The molecule has 0 amide bonds. The van der Waals surface area contributed by atoms with Crippen LogP contribution in [0.25, 0.3) is 0 Å². The van der Waals surface area contributed by atoms with E-state index in [1.807, 2.05) is 24.3 Å². The molecule has 20 heavy (non-hydrogen) atoms. The highest BCUT2D eigenvalue weighted by Gasteiger charge is 2.06. The molecule has 2 aromatic carbocycles. The Labute approximate surface area is 118 Å². The summed E-state index contributed by atoms with van der Waals surface area (Å²) in [6.45, 7) is 1.33. The average molecular weight is 291 g/mol. The molecular formula is C14H17N3O2S. The van der Waals surface area contributed by atoms with E-state index in [4.69, 9.17) is 10.9 Å². The molecular weight excluding hydrogens is 274 g/mol. The van der Waals surface area contributed by atoms with Gasteiger partial charge in [0.15, 0.2) is 0 Å². The van der Waals surface area contributed by atoms with Crippen molar-refractivity contribution in [3.8, 4) is 0 Å². The predicted molar refractivity (Wildman–Crippen MR) is 79.2 cm³/mol. The Morgan fingerprint density at radius 3 is 2.20 bits per heavy atom. The van der Waals surface area contributed by atoms with Crippen LogP contribution in [0.3, 0.4) is 0 Å².